The number of Topliss-reactive ketones (excluding diaryl/α,β-unsaturated/α-hetero) is 2. The molecule has 0 saturated heterocycles. The van der Waals surface area contributed by atoms with Crippen LogP contribution < -0.4 is 0 Å². The SMILES string of the molecule is CCCCCC/C(=N\OC)C(=O)c1cn(-c2ccccc2C(C)=O)c2ccccc12. The number of fused-ring (bicyclic) bond motifs is 1. The predicted octanol–water partition coefficient (Wildman–Crippen LogP) is 5.99. The highest BCUT2D eigenvalue weighted by Gasteiger charge is 2.22. The molecule has 0 fully saturated rings. The van der Waals surface area contributed by atoms with Crippen LogP contribution in [0, 0.1) is 0 Å². The summed E-state index contributed by atoms with van der Waals surface area (Å²) in [6.07, 6.45) is 6.61. The summed E-state index contributed by atoms with van der Waals surface area (Å²) in [6, 6.07) is 15.2. The van der Waals surface area contributed by atoms with Gasteiger partial charge in [0.05, 0.1) is 11.2 Å². The molecule has 0 radical (unpaired) electrons. The first kappa shape index (κ1) is 21.5. The number of hydrogen-bond acceptors (Lipinski definition) is 4. The zero-order chi connectivity index (χ0) is 21.5. The minimum absolute atomic E-state index is 0.0196. The molecule has 0 unspecified atom stereocenters. The number of benzene rings is 2. The van der Waals surface area contributed by atoms with Crippen LogP contribution in [0.3, 0.4) is 0 Å². The van der Waals surface area contributed by atoms with Crippen LogP contribution in [-0.4, -0.2) is 29.0 Å². The molecular weight excluding hydrogens is 376 g/mol. The normalized spacial score (nSPS) is 11.6. The number of unbranched alkanes of at least 4 members (excludes halogenated alkanes) is 3. The van der Waals surface area contributed by atoms with E-state index in [4.69, 9.17) is 4.84 Å². The Hall–Kier alpha value is -3.21. The molecule has 156 valence electrons. The Balaban J connectivity index is 2.07. The van der Waals surface area contributed by atoms with Crippen molar-refractivity contribution in [1.82, 2.24) is 4.57 Å². The van der Waals surface area contributed by atoms with E-state index >= 15 is 0 Å². The maximum absolute atomic E-state index is 13.4. The lowest BCUT2D eigenvalue weighted by Gasteiger charge is -2.09. The first-order chi connectivity index (χ1) is 14.6. The second-order valence-electron chi connectivity index (χ2n) is 7.36. The van der Waals surface area contributed by atoms with Gasteiger partial charge in [-0.15, -0.1) is 0 Å². The van der Waals surface area contributed by atoms with Crippen molar-refractivity contribution in [3.8, 4) is 5.69 Å². The summed E-state index contributed by atoms with van der Waals surface area (Å²) in [6.45, 7) is 3.71. The number of nitrogens with zero attached hydrogens (tertiary/aromatic N) is 2. The molecule has 0 aliphatic rings. The van der Waals surface area contributed by atoms with E-state index in [1.165, 1.54) is 7.11 Å². The van der Waals surface area contributed by atoms with Gasteiger partial charge in [0.1, 0.15) is 12.8 Å². The van der Waals surface area contributed by atoms with Gasteiger partial charge in [0.2, 0.25) is 5.78 Å². The van der Waals surface area contributed by atoms with Gasteiger partial charge in [-0.2, -0.15) is 0 Å². The topological polar surface area (TPSA) is 60.7 Å². The van der Waals surface area contributed by atoms with E-state index in [2.05, 4.69) is 12.1 Å². The zero-order valence-electron chi connectivity index (χ0n) is 17.9. The molecule has 0 spiro atoms. The number of ketones is 2. The molecule has 0 bridgehead atoms. The standard InChI is InChI=1S/C25H28N2O3/c1-4-5-6-7-14-22(26-30-3)25(29)21-17-27(24-16-11-9-13-20(21)24)23-15-10-8-12-19(23)18(2)28/h8-13,15-17H,4-7,14H2,1-3H3/b26-22+. The van der Waals surface area contributed by atoms with Crippen molar-refractivity contribution in [3.63, 3.8) is 0 Å². The Morgan fingerprint density at radius 3 is 2.43 bits per heavy atom. The summed E-state index contributed by atoms with van der Waals surface area (Å²) in [5, 5.41) is 4.87. The minimum atomic E-state index is -0.136. The number of carbonyl (C=O) groups excluding carboxylic acids is 2. The van der Waals surface area contributed by atoms with Gasteiger partial charge in [-0.3, -0.25) is 9.59 Å². The minimum Gasteiger partial charge on any atom is -0.399 e. The molecule has 3 rings (SSSR count). The molecule has 0 saturated carbocycles. The van der Waals surface area contributed by atoms with E-state index in [-0.39, 0.29) is 11.6 Å². The number of hydrogen-bond donors (Lipinski definition) is 0. The van der Waals surface area contributed by atoms with Crippen LogP contribution in [0.25, 0.3) is 16.6 Å². The highest BCUT2D eigenvalue weighted by Crippen LogP contribution is 2.28. The summed E-state index contributed by atoms with van der Waals surface area (Å²) in [7, 11) is 1.46. The van der Waals surface area contributed by atoms with Crippen LogP contribution >= 0.6 is 0 Å². The highest BCUT2D eigenvalue weighted by molar-refractivity contribution is 6.47. The first-order valence-corrected chi connectivity index (χ1v) is 10.4. The second-order valence-corrected chi connectivity index (χ2v) is 7.36. The molecule has 5 nitrogen and oxygen atoms in total. The Bertz CT molecular complexity index is 1080. The molecule has 2 aromatic carbocycles. The van der Waals surface area contributed by atoms with Crippen molar-refractivity contribution in [3.05, 3.63) is 65.9 Å². The largest absolute Gasteiger partial charge is 0.399 e. The molecule has 0 atom stereocenters. The third kappa shape index (κ3) is 4.51. The molecule has 1 heterocycles. The van der Waals surface area contributed by atoms with Crippen LogP contribution in [0.5, 0.6) is 0 Å². The fourth-order valence-corrected chi connectivity index (χ4v) is 3.73. The molecular formula is C25H28N2O3. The molecule has 3 aromatic rings. The van der Waals surface area contributed by atoms with Crippen molar-refractivity contribution in [2.24, 2.45) is 5.16 Å². The van der Waals surface area contributed by atoms with Crippen molar-refractivity contribution >= 4 is 28.2 Å². The molecule has 0 amide bonds. The molecule has 30 heavy (non-hydrogen) atoms. The van der Waals surface area contributed by atoms with E-state index in [1.807, 2.05) is 53.2 Å². The summed E-state index contributed by atoms with van der Waals surface area (Å²) in [4.78, 5) is 30.5. The second kappa shape index (κ2) is 10.0. The molecule has 0 N–H and O–H groups in total. The monoisotopic (exact) mass is 404 g/mol. The molecule has 5 heteroatoms. The summed E-state index contributed by atoms with van der Waals surface area (Å²) in [5.41, 5.74) is 3.24. The lowest BCUT2D eigenvalue weighted by Crippen LogP contribution is -2.15. The smallest absolute Gasteiger partial charge is 0.212 e. The van der Waals surface area contributed by atoms with Gasteiger partial charge in [-0.05, 0) is 38.0 Å². The van der Waals surface area contributed by atoms with Crippen LogP contribution in [0.2, 0.25) is 0 Å². The van der Waals surface area contributed by atoms with Crippen LogP contribution in [0.1, 0.15) is 66.7 Å². The van der Waals surface area contributed by atoms with Gasteiger partial charge in [-0.1, -0.05) is 61.7 Å². The maximum Gasteiger partial charge on any atom is 0.212 e. The van der Waals surface area contributed by atoms with Crippen molar-refractivity contribution in [1.29, 1.82) is 0 Å². The average molecular weight is 405 g/mol. The van der Waals surface area contributed by atoms with Crippen molar-refractivity contribution in [2.75, 3.05) is 7.11 Å². The third-order valence-corrected chi connectivity index (χ3v) is 5.23. The van der Waals surface area contributed by atoms with Gasteiger partial charge in [-0.25, -0.2) is 0 Å². The van der Waals surface area contributed by atoms with Crippen LogP contribution in [-0.2, 0) is 4.84 Å². The number of oxime groups is 1. The molecule has 0 aliphatic heterocycles. The lowest BCUT2D eigenvalue weighted by molar-refractivity contribution is 0.101. The summed E-state index contributed by atoms with van der Waals surface area (Å²) < 4.78 is 1.92. The number of aromatic nitrogens is 1. The van der Waals surface area contributed by atoms with Gasteiger partial charge in [0.25, 0.3) is 0 Å². The summed E-state index contributed by atoms with van der Waals surface area (Å²) >= 11 is 0. The van der Waals surface area contributed by atoms with Crippen LogP contribution in [0.4, 0.5) is 0 Å². The van der Waals surface area contributed by atoms with E-state index in [9.17, 15) is 9.59 Å². The van der Waals surface area contributed by atoms with E-state index in [0.717, 1.165) is 42.3 Å². The van der Waals surface area contributed by atoms with Gasteiger partial charge in [0.15, 0.2) is 5.78 Å². The van der Waals surface area contributed by atoms with Gasteiger partial charge < -0.3 is 9.40 Å². The molecule has 1 aromatic heterocycles. The Labute approximate surface area is 177 Å². The quantitative estimate of drug-likeness (QED) is 0.180. The Kier molecular flexibility index (Phi) is 7.17. The van der Waals surface area contributed by atoms with Gasteiger partial charge in [0, 0.05) is 22.7 Å². The highest BCUT2D eigenvalue weighted by atomic mass is 16.6. The number of rotatable bonds is 10. The fourth-order valence-electron chi connectivity index (χ4n) is 3.73. The Morgan fingerprint density at radius 1 is 0.967 bits per heavy atom. The fraction of sp³-hybridized carbons (Fsp3) is 0.320. The van der Waals surface area contributed by atoms with Crippen molar-refractivity contribution in [2.45, 2.75) is 46.0 Å². The number of para-hydroxylation sites is 2. The van der Waals surface area contributed by atoms with Crippen molar-refractivity contribution < 1.29 is 14.4 Å². The van der Waals surface area contributed by atoms with Crippen LogP contribution in [0.15, 0.2) is 59.9 Å². The van der Waals surface area contributed by atoms with E-state index in [1.54, 1.807) is 13.0 Å². The zero-order valence-corrected chi connectivity index (χ0v) is 17.9. The Morgan fingerprint density at radius 2 is 1.70 bits per heavy atom. The number of carbonyl (C=O) groups is 2. The summed E-state index contributed by atoms with van der Waals surface area (Å²) in [5.74, 6) is -0.155. The lowest BCUT2D eigenvalue weighted by atomic mass is 10.0. The van der Waals surface area contributed by atoms with E-state index < -0.39 is 0 Å². The van der Waals surface area contributed by atoms with Gasteiger partial charge >= 0.3 is 0 Å². The van der Waals surface area contributed by atoms with E-state index in [0.29, 0.717) is 23.3 Å². The predicted molar refractivity (Wildman–Crippen MR) is 121 cm³/mol. The maximum atomic E-state index is 13.4. The third-order valence-electron chi connectivity index (χ3n) is 5.23. The first-order valence-electron chi connectivity index (χ1n) is 10.4. The molecule has 0 aliphatic carbocycles. The average Bonchev–Trinajstić information content (AvgIpc) is 3.15.